The maximum absolute atomic E-state index is 12.7. The summed E-state index contributed by atoms with van der Waals surface area (Å²) in [5.74, 6) is -1.55. The summed E-state index contributed by atoms with van der Waals surface area (Å²) >= 11 is 0. The van der Waals surface area contributed by atoms with Crippen LogP contribution in [0.5, 0.6) is 0 Å². The van der Waals surface area contributed by atoms with Crippen molar-refractivity contribution in [3.8, 4) is 0 Å². The molecule has 0 aliphatic rings. The average Bonchev–Trinajstić information content (AvgIpc) is 2.68. The van der Waals surface area contributed by atoms with Gasteiger partial charge >= 0.3 is 5.97 Å². The molecule has 0 spiro atoms. The predicted octanol–water partition coefficient (Wildman–Crippen LogP) is 4.79. The molecule has 6 nitrogen and oxygen atoms in total. The zero-order chi connectivity index (χ0) is 20.5. The van der Waals surface area contributed by atoms with E-state index in [1.165, 1.54) is 24.3 Å². The summed E-state index contributed by atoms with van der Waals surface area (Å²) in [4.78, 5) is 36.2. The van der Waals surface area contributed by atoms with Crippen LogP contribution in [0.15, 0.2) is 48.5 Å². The smallest absolute Gasteiger partial charge is 0.335 e. The maximum Gasteiger partial charge on any atom is 0.335 e. The Morgan fingerprint density at radius 2 is 1.50 bits per heavy atom. The Hall–Kier alpha value is -3.15. The van der Waals surface area contributed by atoms with Crippen molar-refractivity contribution in [3.05, 3.63) is 59.7 Å². The van der Waals surface area contributed by atoms with E-state index in [4.69, 9.17) is 5.11 Å². The summed E-state index contributed by atoms with van der Waals surface area (Å²) in [5, 5.41) is 14.6. The zero-order valence-electron chi connectivity index (χ0n) is 16.2. The first-order chi connectivity index (χ1) is 13.5. The van der Waals surface area contributed by atoms with Crippen molar-refractivity contribution in [3.63, 3.8) is 0 Å². The van der Waals surface area contributed by atoms with Crippen LogP contribution in [-0.4, -0.2) is 22.9 Å². The van der Waals surface area contributed by atoms with Gasteiger partial charge in [-0.3, -0.25) is 9.59 Å². The van der Waals surface area contributed by atoms with E-state index in [9.17, 15) is 14.4 Å². The minimum Gasteiger partial charge on any atom is -0.478 e. The number of hydrogen-bond acceptors (Lipinski definition) is 3. The third-order valence-electron chi connectivity index (χ3n) is 4.46. The number of amides is 2. The Bertz CT molecular complexity index is 825. The number of carboxylic acids is 1. The molecule has 0 aliphatic carbocycles. The highest BCUT2D eigenvalue weighted by Crippen LogP contribution is 2.21. The molecule has 0 aliphatic heterocycles. The first-order valence-corrected chi connectivity index (χ1v) is 9.50. The minimum absolute atomic E-state index is 0.0743. The second-order valence-electron chi connectivity index (χ2n) is 6.65. The van der Waals surface area contributed by atoms with Gasteiger partial charge in [-0.15, -0.1) is 0 Å². The van der Waals surface area contributed by atoms with Crippen LogP contribution in [0.1, 0.15) is 60.2 Å². The van der Waals surface area contributed by atoms with E-state index in [-0.39, 0.29) is 23.3 Å². The molecule has 0 saturated carbocycles. The third kappa shape index (κ3) is 5.67. The number of anilines is 2. The van der Waals surface area contributed by atoms with Crippen molar-refractivity contribution in [2.24, 2.45) is 5.92 Å². The van der Waals surface area contributed by atoms with Gasteiger partial charge in [0.25, 0.3) is 5.91 Å². The summed E-state index contributed by atoms with van der Waals surface area (Å²) in [7, 11) is 0. The average molecular weight is 382 g/mol. The number of nitrogens with one attached hydrogen (secondary N) is 2. The summed E-state index contributed by atoms with van der Waals surface area (Å²) in [6, 6.07) is 12.7. The molecule has 0 heterocycles. The minimum atomic E-state index is -1.03. The number of para-hydroxylation sites is 1. The van der Waals surface area contributed by atoms with Crippen LogP contribution in [0, 0.1) is 5.92 Å². The van der Waals surface area contributed by atoms with Gasteiger partial charge in [-0.2, -0.15) is 0 Å². The number of rotatable bonds is 9. The van der Waals surface area contributed by atoms with Gasteiger partial charge in [0.15, 0.2) is 0 Å². The summed E-state index contributed by atoms with van der Waals surface area (Å²) < 4.78 is 0. The van der Waals surface area contributed by atoms with Crippen molar-refractivity contribution in [2.75, 3.05) is 10.6 Å². The van der Waals surface area contributed by atoms with Crippen molar-refractivity contribution in [1.29, 1.82) is 0 Å². The van der Waals surface area contributed by atoms with Gasteiger partial charge in [0, 0.05) is 11.6 Å². The Morgan fingerprint density at radius 1 is 0.893 bits per heavy atom. The molecule has 2 amide bonds. The van der Waals surface area contributed by atoms with Gasteiger partial charge < -0.3 is 15.7 Å². The standard InChI is InChI=1S/C22H26N2O4/c1-3-7-15(8-4-2)20(25)24-19-10-6-5-9-18(19)21(26)23-17-13-11-16(12-14-17)22(27)28/h5-6,9-15H,3-4,7-8H2,1-2H3,(H,23,26)(H,24,25)(H,27,28). The normalized spacial score (nSPS) is 10.5. The molecule has 0 bridgehead atoms. The Balaban J connectivity index is 2.14. The molecule has 0 unspecified atom stereocenters. The summed E-state index contributed by atoms with van der Waals surface area (Å²) in [6.45, 7) is 4.10. The van der Waals surface area contributed by atoms with E-state index < -0.39 is 5.97 Å². The molecule has 2 aromatic carbocycles. The molecule has 148 valence electrons. The molecule has 2 rings (SSSR count). The molecule has 28 heavy (non-hydrogen) atoms. The lowest BCUT2D eigenvalue weighted by Gasteiger charge is -2.17. The molecular weight excluding hydrogens is 356 g/mol. The van der Waals surface area contributed by atoms with E-state index in [0.717, 1.165) is 25.7 Å². The molecule has 2 aromatic rings. The van der Waals surface area contributed by atoms with Crippen LogP contribution in [0.25, 0.3) is 0 Å². The van der Waals surface area contributed by atoms with Crippen molar-refractivity contribution >= 4 is 29.2 Å². The molecule has 0 saturated heterocycles. The van der Waals surface area contributed by atoms with Crippen LogP contribution in [0.3, 0.4) is 0 Å². The molecule has 0 fully saturated rings. The van der Waals surface area contributed by atoms with Gasteiger partial charge in [0.05, 0.1) is 16.8 Å². The maximum atomic E-state index is 12.7. The lowest BCUT2D eigenvalue weighted by atomic mass is 9.97. The molecule has 0 atom stereocenters. The lowest BCUT2D eigenvalue weighted by Crippen LogP contribution is -2.24. The van der Waals surface area contributed by atoms with Crippen LogP contribution in [0.2, 0.25) is 0 Å². The summed E-state index contributed by atoms with van der Waals surface area (Å²) in [6.07, 6.45) is 3.47. The van der Waals surface area contributed by atoms with Crippen LogP contribution in [-0.2, 0) is 4.79 Å². The third-order valence-corrected chi connectivity index (χ3v) is 4.46. The van der Waals surface area contributed by atoms with Crippen LogP contribution in [0.4, 0.5) is 11.4 Å². The number of aromatic carboxylic acids is 1. The van der Waals surface area contributed by atoms with Gasteiger partial charge in [-0.25, -0.2) is 4.79 Å². The molecule has 0 aromatic heterocycles. The molecular formula is C22H26N2O4. The van der Waals surface area contributed by atoms with Gasteiger partial charge in [-0.1, -0.05) is 38.8 Å². The first-order valence-electron chi connectivity index (χ1n) is 9.50. The highest BCUT2D eigenvalue weighted by atomic mass is 16.4. The molecule has 6 heteroatoms. The van der Waals surface area contributed by atoms with Gasteiger partial charge in [0.1, 0.15) is 0 Å². The van der Waals surface area contributed by atoms with E-state index in [1.807, 2.05) is 13.8 Å². The van der Waals surface area contributed by atoms with E-state index in [0.29, 0.717) is 16.9 Å². The van der Waals surface area contributed by atoms with E-state index in [2.05, 4.69) is 10.6 Å². The fourth-order valence-electron chi connectivity index (χ4n) is 3.02. The Kier molecular flexibility index (Phi) is 7.75. The zero-order valence-corrected chi connectivity index (χ0v) is 16.2. The fourth-order valence-corrected chi connectivity index (χ4v) is 3.02. The summed E-state index contributed by atoms with van der Waals surface area (Å²) in [5.41, 5.74) is 1.43. The number of carbonyl (C=O) groups excluding carboxylic acids is 2. The molecule has 3 N–H and O–H groups in total. The Morgan fingerprint density at radius 3 is 2.07 bits per heavy atom. The van der Waals surface area contributed by atoms with Gasteiger partial charge in [-0.05, 0) is 49.2 Å². The largest absolute Gasteiger partial charge is 0.478 e. The SMILES string of the molecule is CCCC(CCC)C(=O)Nc1ccccc1C(=O)Nc1ccc(C(=O)O)cc1. The fraction of sp³-hybridized carbons (Fsp3) is 0.318. The second kappa shape index (κ2) is 10.3. The highest BCUT2D eigenvalue weighted by molar-refractivity contribution is 6.10. The quantitative estimate of drug-likeness (QED) is 0.581. The number of hydrogen-bond donors (Lipinski definition) is 3. The number of carbonyl (C=O) groups is 3. The monoisotopic (exact) mass is 382 g/mol. The van der Waals surface area contributed by atoms with E-state index >= 15 is 0 Å². The number of benzene rings is 2. The van der Waals surface area contributed by atoms with Crippen LogP contribution < -0.4 is 10.6 Å². The topological polar surface area (TPSA) is 95.5 Å². The van der Waals surface area contributed by atoms with Crippen molar-refractivity contribution in [1.82, 2.24) is 0 Å². The van der Waals surface area contributed by atoms with Crippen molar-refractivity contribution < 1.29 is 19.5 Å². The molecule has 0 radical (unpaired) electrons. The highest BCUT2D eigenvalue weighted by Gasteiger charge is 2.19. The van der Waals surface area contributed by atoms with Gasteiger partial charge in [0.2, 0.25) is 5.91 Å². The lowest BCUT2D eigenvalue weighted by molar-refractivity contribution is -0.120. The van der Waals surface area contributed by atoms with Crippen molar-refractivity contribution in [2.45, 2.75) is 39.5 Å². The first kappa shape index (κ1) is 21.2. The second-order valence-corrected chi connectivity index (χ2v) is 6.65. The number of carboxylic acid groups (broad SMARTS) is 1. The van der Waals surface area contributed by atoms with Crippen LogP contribution >= 0.6 is 0 Å². The predicted molar refractivity (Wildman–Crippen MR) is 110 cm³/mol. The van der Waals surface area contributed by atoms with E-state index in [1.54, 1.807) is 24.3 Å². The Labute approximate surface area is 165 Å².